The number of esters is 3. The predicted octanol–water partition coefficient (Wildman–Crippen LogP) is 3.92. The van der Waals surface area contributed by atoms with Crippen LogP contribution < -0.4 is 0 Å². The standard InChI is InChI=1S/C15H21Br3O8.C3H7Br/c1-9(16)12(20)24-5-15(4-23-8-19,6-25-13(21)10(2)17)7-26-14(22)11(3)18;1-3(2)4/h8-11H,4-7H2,1-3H3;3H,1-2H3. The van der Waals surface area contributed by atoms with Gasteiger partial charge in [-0.25, -0.2) is 0 Å². The molecule has 0 rings (SSSR count). The summed E-state index contributed by atoms with van der Waals surface area (Å²) >= 11 is 12.5. The molecule has 0 aromatic rings. The normalized spacial score (nSPS) is 15.4. The molecule has 0 aliphatic carbocycles. The van der Waals surface area contributed by atoms with Gasteiger partial charge in [0, 0.05) is 4.83 Å². The van der Waals surface area contributed by atoms with Gasteiger partial charge in [0.2, 0.25) is 0 Å². The Bertz CT molecular complexity index is 476. The van der Waals surface area contributed by atoms with Crippen molar-refractivity contribution in [2.45, 2.75) is 53.9 Å². The van der Waals surface area contributed by atoms with Gasteiger partial charge in [0.05, 0.1) is 0 Å². The Balaban J connectivity index is 0. The molecule has 0 saturated carbocycles. The summed E-state index contributed by atoms with van der Waals surface area (Å²) < 4.78 is 20.3. The molecule has 8 nitrogen and oxygen atoms in total. The maximum Gasteiger partial charge on any atom is 0.319 e. The number of rotatable bonds is 12. The fourth-order valence-electron chi connectivity index (χ4n) is 1.48. The van der Waals surface area contributed by atoms with E-state index < -0.39 is 37.8 Å². The summed E-state index contributed by atoms with van der Waals surface area (Å²) in [5, 5.41) is 0. The second-order valence-corrected chi connectivity index (χ2v) is 12.5. The molecule has 0 spiro atoms. The summed E-state index contributed by atoms with van der Waals surface area (Å²) in [6.07, 6.45) is 0. The molecule has 0 amide bonds. The summed E-state index contributed by atoms with van der Waals surface area (Å²) in [4.78, 5) is 44.8. The van der Waals surface area contributed by atoms with Gasteiger partial charge in [-0.3, -0.25) is 19.2 Å². The molecule has 0 aliphatic heterocycles. The monoisotopic (exact) mass is 688 g/mol. The molecule has 30 heavy (non-hydrogen) atoms. The van der Waals surface area contributed by atoms with E-state index in [4.69, 9.17) is 18.9 Å². The SMILES string of the molecule is CC(Br)C(=O)OCC(COC=O)(COC(=O)C(C)Br)COC(=O)C(C)Br.CC(C)Br. The van der Waals surface area contributed by atoms with E-state index in [0.717, 1.165) is 0 Å². The third-order valence-corrected chi connectivity index (χ3v) is 4.12. The van der Waals surface area contributed by atoms with Crippen molar-refractivity contribution < 1.29 is 38.1 Å². The Labute approximate surface area is 211 Å². The van der Waals surface area contributed by atoms with E-state index in [1.165, 1.54) is 0 Å². The van der Waals surface area contributed by atoms with Gasteiger partial charge in [-0.2, -0.15) is 0 Å². The van der Waals surface area contributed by atoms with E-state index in [9.17, 15) is 19.2 Å². The molecule has 0 bridgehead atoms. The lowest BCUT2D eigenvalue weighted by molar-refractivity contribution is -0.166. The van der Waals surface area contributed by atoms with Crippen LogP contribution >= 0.6 is 63.7 Å². The van der Waals surface area contributed by atoms with Crippen molar-refractivity contribution in [3.63, 3.8) is 0 Å². The number of hydrogen-bond acceptors (Lipinski definition) is 8. The van der Waals surface area contributed by atoms with Crippen molar-refractivity contribution in [1.82, 2.24) is 0 Å². The predicted molar refractivity (Wildman–Crippen MR) is 127 cm³/mol. The molecule has 0 N–H and O–H groups in total. The molecule has 0 heterocycles. The fraction of sp³-hybridized carbons (Fsp3) is 0.778. The Kier molecular flexibility index (Phi) is 18.5. The molecular formula is C18H28Br4O8. The fourth-order valence-corrected chi connectivity index (χ4v) is 1.87. The molecule has 176 valence electrons. The summed E-state index contributed by atoms with van der Waals surface area (Å²) in [5.74, 6) is -1.71. The van der Waals surface area contributed by atoms with E-state index in [0.29, 0.717) is 4.83 Å². The number of carbonyl (C=O) groups excluding carboxylic acids is 4. The van der Waals surface area contributed by atoms with Crippen LogP contribution in [0.3, 0.4) is 0 Å². The van der Waals surface area contributed by atoms with Crippen molar-refractivity contribution in [1.29, 1.82) is 0 Å². The Morgan fingerprint density at radius 2 is 0.967 bits per heavy atom. The molecular weight excluding hydrogens is 664 g/mol. The van der Waals surface area contributed by atoms with Crippen LogP contribution in [0, 0.1) is 5.41 Å². The van der Waals surface area contributed by atoms with Crippen molar-refractivity contribution in [2.24, 2.45) is 5.41 Å². The molecule has 0 aromatic heterocycles. The lowest BCUT2D eigenvalue weighted by Crippen LogP contribution is -2.44. The van der Waals surface area contributed by atoms with Gasteiger partial charge in [0.15, 0.2) is 0 Å². The smallest absolute Gasteiger partial charge is 0.319 e. The second kappa shape index (κ2) is 17.4. The third kappa shape index (κ3) is 16.5. The van der Waals surface area contributed by atoms with Crippen molar-refractivity contribution >= 4 is 88.1 Å². The highest BCUT2D eigenvalue weighted by molar-refractivity contribution is 9.10. The van der Waals surface area contributed by atoms with Gasteiger partial charge in [-0.15, -0.1) is 0 Å². The Morgan fingerprint density at radius 1 is 0.700 bits per heavy atom. The number of halogens is 4. The molecule has 0 saturated heterocycles. The summed E-state index contributed by atoms with van der Waals surface area (Å²) in [5.41, 5.74) is -1.24. The molecule has 0 fully saturated rings. The minimum Gasteiger partial charge on any atom is -0.467 e. The highest BCUT2D eigenvalue weighted by Crippen LogP contribution is 2.23. The van der Waals surface area contributed by atoms with E-state index in [1.807, 2.05) is 0 Å². The van der Waals surface area contributed by atoms with Crippen molar-refractivity contribution in [3.8, 4) is 0 Å². The van der Waals surface area contributed by atoms with Crippen LogP contribution in [0.15, 0.2) is 0 Å². The van der Waals surface area contributed by atoms with Gasteiger partial charge >= 0.3 is 17.9 Å². The van der Waals surface area contributed by atoms with Crippen LogP contribution in [0.5, 0.6) is 0 Å². The van der Waals surface area contributed by atoms with Gasteiger partial charge in [0.1, 0.15) is 46.3 Å². The van der Waals surface area contributed by atoms with Crippen LogP contribution in [0.2, 0.25) is 0 Å². The topological polar surface area (TPSA) is 105 Å². The lowest BCUT2D eigenvalue weighted by atomic mass is 9.92. The van der Waals surface area contributed by atoms with E-state index >= 15 is 0 Å². The lowest BCUT2D eigenvalue weighted by Gasteiger charge is -2.31. The zero-order valence-electron chi connectivity index (χ0n) is 17.5. The highest BCUT2D eigenvalue weighted by Gasteiger charge is 2.38. The largest absolute Gasteiger partial charge is 0.467 e. The average molecular weight is 692 g/mol. The molecule has 3 atom stereocenters. The molecule has 0 aromatic carbocycles. The maximum atomic E-state index is 11.7. The Morgan fingerprint density at radius 3 is 1.17 bits per heavy atom. The molecule has 0 radical (unpaired) electrons. The summed E-state index contributed by atoms with van der Waals surface area (Å²) in [6.45, 7) is 7.94. The quantitative estimate of drug-likeness (QED) is 0.131. The van der Waals surface area contributed by atoms with Crippen LogP contribution in [-0.4, -0.2) is 70.1 Å². The van der Waals surface area contributed by atoms with Crippen molar-refractivity contribution in [2.75, 3.05) is 26.4 Å². The zero-order valence-corrected chi connectivity index (χ0v) is 23.8. The van der Waals surface area contributed by atoms with Gasteiger partial charge in [-0.1, -0.05) is 77.6 Å². The van der Waals surface area contributed by atoms with Crippen molar-refractivity contribution in [3.05, 3.63) is 0 Å². The van der Waals surface area contributed by atoms with Crippen LogP contribution in [0.4, 0.5) is 0 Å². The van der Waals surface area contributed by atoms with E-state index in [-0.39, 0.29) is 32.9 Å². The second-order valence-electron chi connectivity index (χ2n) is 6.59. The summed E-state index contributed by atoms with van der Waals surface area (Å²) in [7, 11) is 0. The highest BCUT2D eigenvalue weighted by atomic mass is 79.9. The van der Waals surface area contributed by atoms with Crippen LogP contribution in [0.1, 0.15) is 34.6 Å². The minimum atomic E-state index is -1.24. The number of hydrogen-bond donors (Lipinski definition) is 0. The molecule has 3 unspecified atom stereocenters. The first-order chi connectivity index (χ1) is 13.8. The summed E-state index contributed by atoms with van der Waals surface area (Å²) in [6, 6.07) is 0. The number of carbonyl (C=O) groups is 4. The molecule has 0 aliphatic rings. The minimum absolute atomic E-state index is 0.202. The first-order valence-electron chi connectivity index (χ1n) is 8.89. The van der Waals surface area contributed by atoms with Gasteiger partial charge in [-0.05, 0) is 20.8 Å². The maximum absolute atomic E-state index is 11.7. The number of alkyl halides is 4. The van der Waals surface area contributed by atoms with E-state index in [2.05, 4.69) is 77.6 Å². The number of ether oxygens (including phenoxy) is 4. The van der Waals surface area contributed by atoms with Crippen LogP contribution in [0.25, 0.3) is 0 Å². The first kappa shape index (κ1) is 32.0. The molecule has 12 heteroatoms. The average Bonchev–Trinajstić information content (AvgIpc) is 2.65. The third-order valence-electron chi connectivity index (χ3n) is 2.99. The first-order valence-corrected chi connectivity index (χ1v) is 12.6. The van der Waals surface area contributed by atoms with Gasteiger partial charge < -0.3 is 18.9 Å². The van der Waals surface area contributed by atoms with E-state index in [1.54, 1.807) is 20.8 Å². The zero-order chi connectivity index (χ0) is 23.9. The Hall–Kier alpha value is -0.200. The van der Waals surface area contributed by atoms with Crippen LogP contribution in [-0.2, 0) is 38.1 Å². The van der Waals surface area contributed by atoms with Gasteiger partial charge in [0.25, 0.3) is 6.47 Å².